The monoisotopic (exact) mass is 314 g/mol. The molecule has 0 saturated carbocycles. The van der Waals surface area contributed by atoms with Gasteiger partial charge in [0.25, 0.3) is 0 Å². The van der Waals surface area contributed by atoms with Gasteiger partial charge in [-0.3, -0.25) is 4.79 Å². The zero-order chi connectivity index (χ0) is 9.14. The van der Waals surface area contributed by atoms with E-state index in [2.05, 4.69) is 15.9 Å². The second-order valence-electron chi connectivity index (χ2n) is 2.18. The first-order valence-electron chi connectivity index (χ1n) is 3.19. The van der Waals surface area contributed by atoms with Crippen molar-refractivity contribution in [2.75, 3.05) is 5.33 Å². The van der Waals surface area contributed by atoms with Crippen molar-refractivity contribution in [2.24, 2.45) is 0 Å². The van der Waals surface area contributed by atoms with Gasteiger partial charge in [0.15, 0.2) is 5.78 Å². The zero-order valence-electron chi connectivity index (χ0n) is 6.39. The summed E-state index contributed by atoms with van der Waals surface area (Å²) in [5.74, 6) is -1.90. The highest BCUT2D eigenvalue weighted by molar-refractivity contribution is 9.09. The van der Waals surface area contributed by atoms with E-state index in [9.17, 15) is 13.6 Å². The predicted molar refractivity (Wildman–Crippen MR) is 54.8 cm³/mol. The van der Waals surface area contributed by atoms with Crippen LogP contribution in [0.4, 0.5) is 8.78 Å². The Balaban J connectivity index is 0.00000144. The molecule has 0 fully saturated rings. The lowest BCUT2D eigenvalue weighted by Gasteiger charge is -1.98. The smallest absolute Gasteiger partial charge is 0.176 e. The molecule has 5 heteroatoms. The van der Waals surface area contributed by atoms with Gasteiger partial charge in [-0.2, -0.15) is 0 Å². The summed E-state index contributed by atoms with van der Waals surface area (Å²) in [5.41, 5.74) is -0.0896. The van der Waals surface area contributed by atoms with Crippen molar-refractivity contribution in [3.8, 4) is 0 Å². The van der Waals surface area contributed by atoms with Crippen LogP contribution in [0.5, 0.6) is 0 Å². The molecule has 0 atom stereocenters. The number of alkyl halides is 1. The molecule has 1 aromatic carbocycles. The summed E-state index contributed by atoms with van der Waals surface area (Å²) < 4.78 is 25.2. The molecule has 13 heavy (non-hydrogen) atoms. The van der Waals surface area contributed by atoms with E-state index in [0.29, 0.717) is 6.07 Å². The number of ketones is 1. The Morgan fingerprint density at radius 1 is 1.38 bits per heavy atom. The minimum atomic E-state index is -0.820. The molecule has 0 amide bonds. The van der Waals surface area contributed by atoms with Crippen molar-refractivity contribution in [2.45, 2.75) is 0 Å². The molecule has 1 nitrogen and oxygen atoms in total. The molecule has 0 saturated heterocycles. The molecule has 0 heterocycles. The van der Waals surface area contributed by atoms with Crippen LogP contribution in [0.2, 0.25) is 0 Å². The fraction of sp³-hybridized carbons (Fsp3) is 0.125. The van der Waals surface area contributed by atoms with Gasteiger partial charge < -0.3 is 0 Å². The lowest BCUT2D eigenvalue weighted by atomic mass is 10.1. The molecular weight excluding hydrogens is 310 g/mol. The third kappa shape index (κ3) is 3.15. The lowest BCUT2D eigenvalue weighted by Crippen LogP contribution is -2.03. The van der Waals surface area contributed by atoms with Gasteiger partial charge in [-0.15, -0.1) is 17.0 Å². The molecule has 0 radical (unpaired) electrons. The SMILES string of the molecule is Br.O=C(CBr)c1ccc(F)cc1F. The van der Waals surface area contributed by atoms with Crippen LogP contribution in [0.15, 0.2) is 18.2 Å². The van der Waals surface area contributed by atoms with E-state index in [4.69, 9.17) is 0 Å². The van der Waals surface area contributed by atoms with Crippen LogP contribution in [0.25, 0.3) is 0 Å². The highest BCUT2D eigenvalue weighted by Gasteiger charge is 2.10. The van der Waals surface area contributed by atoms with E-state index >= 15 is 0 Å². The van der Waals surface area contributed by atoms with E-state index in [1.54, 1.807) is 0 Å². The maximum atomic E-state index is 12.8. The van der Waals surface area contributed by atoms with Gasteiger partial charge in [-0.25, -0.2) is 8.78 Å². The van der Waals surface area contributed by atoms with E-state index in [0.717, 1.165) is 12.1 Å². The first-order chi connectivity index (χ1) is 5.65. The van der Waals surface area contributed by atoms with Crippen molar-refractivity contribution < 1.29 is 13.6 Å². The first kappa shape index (κ1) is 12.7. The molecule has 0 aliphatic rings. The summed E-state index contributed by atoms with van der Waals surface area (Å²) in [6.45, 7) is 0. The van der Waals surface area contributed by atoms with Crippen molar-refractivity contribution in [1.29, 1.82) is 0 Å². The molecule has 1 aromatic rings. The number of Topliss-reactive ketones (excluding diaryl/α,β-unsaturated/α-hetero) is 1. The van der Waals surface area contributed by atoms with Crippen molar-refractivity contribution in [3.05, 3.63) is 35.4 Å². The summed E-state index contributed by atoms with van der Waals surface area (Å²) in [6, 6.07) is 2.88. The van der Waals surface area contributed by atoms with Crippen molar-refractivity contribution >= 4 is 38.7 Å². The third-order valence-corrected chi connectivity index (χ3v) is 1.86. The molecule has 1 rings (SSSR count). The van der Waals surface area contributed by atoms with Gasteiger partial charge in [-0.05, 0) is 12.1 Å². The molecule has 0 spiro atoms. The largest absolute Gasteiger partial charge is 0.293 e. The fourth-order valence-electron chi connectivity index (χ4n) is 0.788. The van der Waals surface area contributed by atoms with Gasteiger partial charge in [-0.1, -0.05) is 15.9 Å². The molecule has 0 aliphatic heterocycles. The molecule has 0 aromatic heterocycles. The van der Waals surface area contributed by atoms with Crippen LogP contribution in [-0.2, 0) is 0 Å². The number of hydrogen-bond donors (Lipinski definition) is 0. The Morgan fingerprint density at radius 3 is 2.46 bits per heavy atom. The number of carbonyl (C=O) groups excluding carboxylic acids is 1. The number of benzene rings is 1. The fourth-order valence-corrected chi connectivity index (χ4v) is 1.09. The highest BCUT2D eigenvalue weighted by Crippen LogP contribution is 2.10. The molecule has 0 aliphatic carbocycles. The summed E-state index contributed by atoms with van der Waals surface area (Å²) in [6.07, 6.45) is 0. The second kappa shape index (κ2) is 5.44. The Bertz CT molecular complexity index is 315. The first-order valence-corrected chi connectivity index (χ1v) is 4.31. The molecular formula is C8H6Br2F2O. The van der Waals surface area contributed by atoms with Crippen LogP contribution < -0.4 is 0 Å². The lowest BCUT2D eigenvalue weighted by molar-refractivity contribution is 0.102. The van der Waals surface area contributed by atoms with Gasteiger partial charge in [0, 0.05) is 6.07 Å². The topological polar surface area (TPSA) is 17.1 Å². The molecule has 0 unspecified atom stereocenters. The summed E-state index contributed by atoms with van der Waals surface area (Å²) in [5, 5.41) is 0.0373. The van der Waals surface area contributed by atoms with Crippen LogP contribution in [0, 0.1) is 11.6 Å². The highest BCUT2D eigenvalue weighted by atomic mass is 79.9. The van der Waals surface area contributed by atoms with Gasteiger partial charge in [0.1, 0.15) is 11.6 Å². The van der Waals surface area contributed by atoms with E-state index < -0.39 is 17.4 Å². The second-order valence-corrected chi connectivity index (χ2v) is 2.74. The summed E-state index contributed by atoms with van der Waals surface area (Å²) >= 11 is 2.89. The Labute approximate surface area is 93.0 Å². The van der Waals surface area contributed by atoms with Crippen LogP contribution in [0.3, 0.4) is 0 Å². The minimum absolute atomic E-state index is 0. The Hall–Kier alpha value is -0.290. The van der Waals surface area contributed by atoms with Crippen LogP contribution in [0.1, 0.15) is 10.4 Å². The maximum absolute atomic E-state index is 12.8. The molecule has 0 N–H and O–H groups in total. The molecule has 72 valence electrons. The van der Waals surface area contributed by atoms with Gasteiger partial charge in [0.2, 0.25) is 0 Å². The number of carbonyl (C=O) groups is 1. The zero-order valence-corrected chi connectivity index (χ0v) is 9.69. The standard InChI is InChI=1S/C8H5BrF2O.BrH/c9-4-8(12)6-2-1-5(10)3-7(6)11;/h1-3H,4H2;1H. The van der Waals surface area contributed by atoms with E-state index in [-0.39, 0.29) is 27.9 Å². The average molecular weight is 316 g/mol. The minimum Gasteiger partial charge on any atom is -0.293 e. The maximum Gasteiger partial charge on any atom is 0.176 e. The quantitative estimate of drug-likeness (QED) is 0.605. The number of halogens is 4. The average Bonchev–Trinajstić information content (AvgIpc) is 2.03. The van der Waals surface area contributed by atoms with E-state index in [1.165, 1.54) is 0 Å². The van der Waals surface area contributed by atoms with Crippen molar-refractivity contribution in [1.82, 2.24) is 0 Å². The van der Waals surface area contributed by atoms with E-state index in [1.807, 2.05) is 0 Å². The molecule has 0 bridgehead atoms. The summed E-state index contributed by atoms with van der Waals surface area (Å²) in [7, 11) is 0. The van der Waals surface area contributed by atoms with Crippen molar-refractivity contribution in [3.63, 3.8) is 0 Å². The normalized spacial score (nSPS) is 9.15. The third-order valence-electron chi connectivity index (χ3n) is 1.35. The van der Waals surface area contributed by atoms with Crippen LogP contribution >= 0.6 is 32.9 Å². The van der Waals surface area contributed by atoms with Gasteiger partial charge in [0.05, 0.1) is 10.9 Å². The Morgan fingerprint density at radius 2 is 2.00 bits per heavy atom. The Kier molecular flexibility index (Phi) is 5.32. The predicted octanol–water partition coefficient (Wildman–Crippen LogP) is 3.12. The summed E-state index contributed by atoms with van der Waals surface area (Å²) in [4.78, 5) is 10.9. The van der Waals surface area contributed by atoms with Gasteiger partial charge >= 0.3 is 0 Å². The number of hydrogen-bond acceptors (Lipinski definition) is 1. The van der Waals surface area contributed by atoms with Crippen LogP contribution in [-0.4, -0.2) is 11.1 Å². The number of rotatable bonds is 2.